The number of amides is 2. The Bertz CT molecular complexity index is 931. The summed E-state index contributed by atoms with van der Waals surface area (Å²) in [4.78, 5) is 30.0. The van der Waals surface area contributed by atoms with Crippen molar-refractivity contribution in [2.75, 3.05) is 16.8 Å². The number of rotatable bonds is 6. The standard InChI is InChI=1S/C20H25N7O2/c1-4-16(28)23-15-9-6-10-27(13(15)3)20-24-19(17(18(21)29)25-26-20)22-14-8-5-7-12(2)11-14/h4-5,7-8,11,13,15H,1,6,9-10H2,2-3H3,(H2,21,29)(H,23,28)(H,22,24,26)/t13-,15-/m1/s1. The molecule has 2 amide bonds. The van der Waals surface area contributed by atoms with Crippen LogP contribution in [0.4, 0.5) is 17.5 Å². The molecule has 2 atom stereocenters. The van der Waals surface area contributed by atoms with E-state index in [-0.39, 0.29) is 29.5 Å². The zero-order chi connectivity index (χ0) is 21.0. The topological polar surface area (TPSA) is 126 Å². The summed E-state index contributed by atoms with van der Waals surface area (Å²) in [5.74, 6) is -0.309. The number of nitrogens with zero attached hydrogens (tertiary/aromatic N) is 4. The number of piperidine rings is 1. The van der Waals surface area contributed by atoms with Crippen LogP contribution in [0.5, 0.6) is 0 Å². The van der Waals surface area contributed by atoms with Crippen molar-refractivity contribution in [2.24, 2.45) is 5.73 Å². The quantitative estimate of drug-likeness (QED) is 0.635. The number of hydrogen-bond acceptors (Lipinski definition) is 7. The summed E-state index contributed by atoms with van der Waals surface area (Å²) in [6.07, 6.45) is 2.96. The Morgan fingerprint density at radius 1 is 1.34 bits per heavy atom. The van der Waals surface area contributed by atoms with Gasteiger partial charge < -0.3 is 21.3 Å². The van der Waals surface area contributed by atoms with E-state index in [4.69, 9.17) is 5.73 Å². The lowest BCUT2D eigenvalue weighted by molar-refractivity contribution is -0.117. The molecular weight excluding hydrogens is 370 g/mol. The number of nitrogens with one attached hydrogen (secondary N) is 2. The first-order valence-electron chi connectivity index (χ1n) is 9.47. The van der Waals surface area contributed by atoms with Gasteiger partial charge in [0.25, 0.3) is 5.91 Å². The van der Waals surface area contributed by atoms with E-state index in [1.54, 1.807) is 0 Å². The predicted octanol–water partition coefficient (Wildman–Crippen LogP) is 1.68. The lowest BCUT2D eigenvalue weighted by Crippen LogP contribution is -2.54. The fourth-order valence-electron chi connectivity index (χ4n) is 3.41. The largest absolute Gasteiger partial charge is 0.364 e. The third-order valence-corrected chi connectivity index (χ3v) is 4.95. The number of nitrogens with two attached hydrogens (primary N) is 1. The highest BCUT2D eigenvalue weighted by Gasteiger charge is 2.31. The zero-order valence-electron chi connectivity index (χ0n) is 16.6. The Kier molecular flexibility index (Phi) is 6.06. The van der Waals surface area contributed by atoms with Crippen molar-refractivity contribution in [1.29, 1.82) is 0 Å². The number of carbonyl (C=O) groups is 2. The molecule has 1 aromatic carbocycles. The Morgan fingerprint density at radius 3 is 2.83 bits per heavy atom. The van der Waals surface area contributed by atoms with Crippen molar-refractivity contribution in [2.45, 2.75) is 38.8 Å². The lowest BCUT2D eigenvalue weighted by atomic mass is 9.97. The molecule has 4 N–H and O–H groups in total. The van der Waals surface area contributed by atoms with Gasteiger partial charge in [0.05, 0.1) is 0 Å². The molecule has 0 unspecified atom stereocenters. The zero-order valence-corrected chi connectivity index (χ0v) is 16.6. The molecule has 3 rings (SSSR count). The van der Waals surface area contributed by atoms with E-state index in [1.807, 2.05) is 43.0 Å². The maximum Gasteiger partial charge on any atom is 0.273 e. The fraction of sp³-hybridized carbons (Fsp3) is 0.350. The number of carbonyl (C=O) groups excluding carboxylic acids is 2. The summed E-state index contributed by atoms with van der Waals surface area (Å²) in [6, 6.07) is 7.54. The Hall–Kier alpha value is -3.49. The summed E-state index contributed by atoms with van der Waals surface area (Å²) in [5, 5.41) is 14.2. The van der Waals surface area contributed by atoms with Crippen LogP contribution < -0.4 is 21.3 Å². The van der Waals surface area contributed by atoms with Crippen molar-refractivity contribution in [1.82, 2.24) is 20.5 Å². The van der Waals surface area contributed by atoms with Crippen molar-refractivity contribution in [3.8, 4) is 0 Å². The normalized spacial score (nSPS) is 18.8. The van der Waals surface area contributed by atoms with Crippen LogP contribution in [0.25, 0.3) is 0 Å². The number of aryl methyl sites for hydroxylation is 1. The second-order valence-corrected chi connectivity index (χ2v) is 7.06. The van der Waals surface area contributed by atoms with Gasteiger partial charge in [-0.25, -0.2) is 0 Å². The smallest absolute Gasteiger partial charge is 0.273 e. The van der Waals surface area contributed by atoms with E-state index in [2.05, 4.69) is 32.4 Å². The summed E-state index contributed by atoms with van der Waals surface area (Å²) < 4.78 is 0. The lowest BCUT2D eigenvalue weighted by Gasteiger charge is -2.39. The van der Waals surface area contributed by atoms with Crippen molar-refractivity contribution >= 4 is 29.3 Å². The van der Waals surface area contributed by atoms with Crippen LogP contribution in [-0.2, 0) is 4.79 Å². The molecule has 0 spiro atoms. The average molecular weight is 395 g/mol. The molecule has 2 heterocycles. The monoisotopic (exact) mass is 395 g/mol. The third-order valence-electron chi connectivity index (χ3n) is 4.95. The second kappa shape index (κ2) is 8.68. The molecule has 1 saturated heterocycles. The minimum Gasteiger partial charge on any atom is -0.364 e. The van der Waals surface area contributed by atoms with Gasteiger partial charge in [-0.05, 0) is 50.5 Å². The van der Waals surface area contributed by atoms with Crippen LogP contribution in [0.1, 0.15) is 35.8 Å². The van der Waals surface area contributed by atoms with Crippen molar-refractivity contribution < 1.29 is 9.59 Å². The van der Waals surface area contributed by atoms with Gasteiger partial charge in [-0.2, -0.15) is 4.98 Å². The Balaban J connectivity index is 1.90. The van der Waals surface area contributed by atoms with E-state index in [1.165, 1.54) is 6.08 Å². The summed E-state index contributed by atoms with van der Waals surface area (Å²) in [5.41, 5.74) is 7.25. The van der Waals surface area contributed by atoms with E-state index in [9.17, 15) is 9.59 Å². The predicted molar refractivity (Wildman–Crippen MR) is 111 cm³/mol. The highest BCUT2D eigenvalue weighted by molar-refractivity contribution is 5.96. The van der Waals surface area contributed by atoms with Gasteiger partial charge in [-0.3, -0.25) is 9.59 Å². The van der Waals surface area contributed by atoms with Gasteiger partial charge in [-0.1, -0.05) is 18.7 Å². The first kappa shape index (κ1) is 20.2. The molecule has 2 aromatic rings. The Labute approximate surface area is 169 Å². The van der Waals surface area contributed by atoms with E-state index in [0.717, 1.165) is 24.1 Å². The molecule has 0 aliphatic carbocycles. The van der Waals surface area contributed by atoms with E-state index >= 15 is 0 Å². The number of benzene rings is 1. The molecule has 0 bridgehead atoms. The average Bonchev–Trinajstić information content (AvgIpc) is 2.69. The van der Waals surface area contributed by atoms with Gasteiger partial charge >= 0.3 is 0 Å². The second-order valence-electron chi connectivity index (χ2n) is 7.06. The van der Waals surface area contributed by atoms with Crippen LogP contribution in [-0.4, -0.2) is 45.6 Å². The molecule has 0 radical (unpaired) electrons. The number of hydrogen-bond donors (Lipinski definition) is 3. The number of anilines is 3. The summed E-state index contributed by atoms with van der Waals surface area (Å²) in [6.45, 7) is 8.17. The molecule has 1 fully saturated rings. The molecule has 152 valence electrons. The molecule has 1 aliphatic rings. The minimum atomic E-state index is -0.713. The third kappa shape index (κ3) is 4.68. The van der Waals surface area contributed by atoms with Gasteiger partial charge in [0, 0.05) is 24.3 Å². The van der Waals surface area contributed by atoms with Gasteiger partial charge in [0.1, 0.15) is 0 Å². The highest BCUT2D eigenvalue weighted by atomic mass is 16.2. The van der Waals surface area contributed by atoms with E-state index < -0.39 is 5.91 Å². The van der Waals surface area contributed by atoms with Crippen LogP contribution in [0, 0.1) is 6.92 Å². The first-order valence-corrected chi connectivity index (χ1v) is 9.47. The molecule has 1 aromatic heterocycles. The molecule has 9 heteroatoms. The highest BCUT2D eigenvalue weighted by Crippen LogP contribution is 2.25. The Morgan fingerprint density at radius 2 is 2.14 bits per heavy atom. The molecule has 0 saturated carbocycles. The fourth-order valence-corrected chi connectivity index (χ4v) is 3.41. The van der Waals surface area contributed by atoms with Crippen LogP contribution in [0.15, 0.2) is 36.9 Å². The number of aromatic nitrogens is 3. The maximum absolute atomic E-state index is 11.8. The molecular formula is C20H25N7O2. The summed E-state index contributed by atoms with van der Waals surface area (Å²) in [7, 11) is 0. The SMILES string of the molecule is C=CC(=O)N[C@@H]1CCCN(c2nnc(C(N)=O)c(Nc3cccc(C)c3)n2)[C@@H]1C. The van der Waals surface area contributed by atoms with Crippen LogP contribution in [0.2, 0.25) is 0 Å². The minimum absolute atomic E-state index is 0.0311. The van der Waals surface area contributed by atoms with Crippen LogP contribution >= 0.6 is 0 Å². The van der Waals surface area contributed by atoms with Gasteiger partial charge in [0.15, 0.2) is 11.5 Å². The van der Waals surface area contributed by atoms with Crippen molar-refractivity contribution in [3.05, 3.63) is 48.2 Å². The molecule has 1 aliphatic heterocycles. The van der Waals surface area contributed by atoms with Gasteiger partial charge in [-0.15, -0.1) is 10.2 Å². The van der Waals surface area contributed by atoms with Crippen molar-refractivity contribution in [3.63, 3.8) is 0 Å². The van der Waals surface area contributed by atoms with Gasteiger partial charge in [0.2, 0.25) is 11.9 Å². The molecule has 29 heavy (non-hydrogen) atoms. The number of primary amides is 1. The van der Waals surface area contributed by atoms with E-state index in [0.29, 0.717) is 12.5 Å². The first-order chi connectivity index (χ1) is 13.9. The maximum atomic E-state index is 11.8. The van der Waals surface area contributed by atoms with Crippen LogP contribution in [0.3, 0.4) is 0 Å². The summed E-state index contributed by atoms with van der Waals surface area (Å²) >= 11 is 0. The molecule has 9 nitrogen and oxygen atoms in total.